The molecular formula is C38H58F2I2O5S. The van der Waals surface area contributed by atoms with Crippen molar-refractivity contribution in [2.45, 2.75) is 148 Å². The minimum atomic E-state index is -6.02. The Labute approximate surface area is 314 Å². The first kappa shape index (κ1) is 45.2. The molecule has 0 N–H and O–H groups in total. The summed E-state index contributed by atoms with van der Waals surface area (Å²) < 4.78 is 64.0. The number of carbonyl (C=O) groups excluding carboxylic acids is 1. The number of esters is 1. The minimum absolute atomic E-state index is 0.0450. The third kappa shape index (κ3) is 21.4. The second kappa shape index (κ2) is 27.8. The molecule has 0 atom stereocenters. The average molecular weight is 919 g/mol. The zero-order valence-electron chi connectivity index (χ0n) is 29.1. The molecule has 0 bridgehead atoms. The van der Waals surface area contributed by atoms with Crippen molar-refractivity contribution >= 4 is 38.7 Å². The Morgan fingerprint density at radius 1 is 0.667 bits per heavy atom. The minimum Gasteiger partial charge on any atom is -0.743 e. The maximum absolute atomic E-state index is 12.7. The summed E-state index contributed by atoms with van der Waals surface area (Å²) in [6, 6.07) is 19.0. The highest BCUT2D eigenvalue weighted by molar-refractivity contribution is 14.1. The third-order valence-corrected chi connectivity index (χ3v) is 12.2. The zero-order chi connectivity index (χ0) is 35.5. The summed E-state index contributed by atoms with van der Waals surface area (Å²) in [7, 11) is -6.02. The number of ether oxygens (including phenoxy) is 1. The van der Waals surface area contributed by atoms with E-state index < -0.39 is 21.3 Å². The van der Waals surface area contributed by atoms with E-state index in [1.54, 1.807) is 7.14 Å². The van der Waals surface area contributed by atoms with Gasteiger partial charge in [-0.15, -0.1) is 0 Å². The normalized spacial score (nSPS) is 11.6. The van der Waals surface area contributed by atoms with E-state index in [0.29, 0.717) is 12.8 Å². The molecule has 48 heavy (non-hydrogen) atoms. The van der Waals surface area contributed by atoms with E-state index in [4.69, 9.17) is 0 Å². The van der Waals surface area contributed by atoms with Crippen LogP contribution in [0, 0.1) is 7.14 Å². The average Bonchev–Trinajstić information content (AvgIpc) is 3.06. The van der Waals surface area contributed by atoms with Crippen molar-refractivity contribution < 1.29 is 52.5 Å². The molecule has 274 valence electrons. The summed E-state index contributed by atoms with van der Waals surface area (Å²) in [6.45, 7) is 4.26. The Morgan fingerprint density at radius 2 is 1.04 bits per heavy atom. The Hall–Kier alpha value is -0.860. The summed E-state index contributed by atoms with van der Waals surface area (Å²) in [5, 5.41) is -5.01. The van der Waals surface area contributed by atoms with E-state index in [2.05, 4.69) is 89.7 Å². The molecule has 2 aromatic carbocycles. The molecule has 0 saturated carbocycles. The second-order valence-electron chi connectivity index (χ2n) is 12.3. The molecule has 0 aliphatic rings. The van der Waals surface area contributed by atoms with Crippen LogP contribution in [0.3, 0.4) is 0 Å². The quantitative estimate of drug-likeness (QED) is 0.0314. The topological polar surface area (TPSA) is 83.5 Å². The number of hydrogen-bond acceptors (Lipinski definition) is 5. The van der Waals surface area contributed by atoms with Crippen LogP contribution in [-0.4, -0.2) is 35.2 Å². The molecule has 0 unspecified atom stereocenters. The third-order valence-electron chi connectivity index (χ3n) is 8.00. The molecule has 10 heteroatoms. The summed E-state index contributed by atoms with van der Waals surface area (Å²) in [6.07, 6.45) is 24.3. The molecule has 0 heterocycles. The molecular weight excluding hydrogens is 860 g/mol. The number of rotatable bonds is 26. The number of unbranched alkanes of at least 4 members (excludes halogenated alkanes) is 15. The van der Waals surface area contributed by atoms with Crippen LogP contribution in [-0.2, 0) is 32.5 Å². The van der Waals surface area contributed by atoms with Crippen LogP contribution >= 0.6 is 22.6 Å². The maximum atomic E-state index is 12.7. The highest BCUT2D eigenvalue weighted by atomic mass is 127. The number of halogens is 4. The Balaban J connectivity index is 0.000000528. The van der Waals surface area contributed by atoms with Gasteiger partial charge in [0, 0.05) is 0 Å². The van der Waals surface area contributed by atoms with Crippen molar-refractivity contribution in [2.75, 3.05) is 11.0 Å². The molecule has 0 radical (unpaired) electrons. The van der Waals surface area contributed by atoms with E-state index in [-0.39, 0.29) is 27.8 Å². The molecule has 2 aromatic rings. The maximum Gasteiger partial charge on any atom is 0.428 e. The van der Waals surface area contributed by atoms with Crippen LogP contribution in [0.5, 0.6) is 0 Å². The zero-order valence-corrected chi connectivity index (χ0v) is 34.3. The molecule has 0 aliphatic heterocycles. The van der Waals surface area contributed by atoms with Gasteiger partial charge in [-0.3, -0.25) is 0 Å². The predicted octanol–water partition coefficient (Wildman–Crippen LogP) is 8.06. The summed E-state index contributed by atoms with van der Waals surface area (Å²) >= 11 is 2.23. The van der Waals surface area contributed by atoms with E-state index in [0.717, 1.165) is 30.1 Å². The van der Waals surface area contributed by atoms with Gasteiger partial charge < -0.3 is 9.29 Å². The highest BCUT2D eigenvalue weighted by Crippen LogP contribution is 2.22. The van der Waals surface area contributed by atoms with Gasteiger partial charge in [0.25, 0.3) is 0 Å². The first-order valence-electron chi connectivity index (χ1n) is 17.9. The van der Waals surface area contributed by atoms with Crippen molar-refractivity contribution in [3.8, 4) is 0 Å². The van der Waals surface area contributed by atoms with Crippen LogP contribution in [0.4, 0.5) is 8.78 Å². The smallest absolute Gasteiger partial charge is 0.428 e. The summed E-state index contributed by atoms with van der Waals surface area (Å²) in [5.41, 5.74) is 3.03. The highest BCUT2D eigenvalue weighted by Gasteiger charge is 2.48. The van der Waals surface area contributed by atoms with E-state index in [1.807, 2.05) is 0 Å². The van der Waals surface area contributed by atoms with Gasteiger partial charge in [0.1, 0.15) is 0 Å². The van der Waals surface area contributed by atoms with Crippen molar-refractivity contribution in [3.05, 3.63) is 66.8 Å². The standard InChI is InChI=1S/C28H42I.C10H17F2IO5S/c1-3-5-7-9-11-13-15-25-17-21-27(22-18-25)29-28-23-19-26(20-24-28)16-14-12-10-8-6-4-2;11-10(12,19(15,16)17)9(14)18-8-6-4-2-1-3-5-7-13/h17-24H,3-16H2,1-2H3;1-8H2,(H,15,16,17)/q+1;/p-1. The van der Waals surface area contributed by atoms with E-state index in [9.17, 15) is 26.5 Å². The summed E-state index contributed by atoms with van der Waals surface area (Å²) in [4.78, 5) is 10.7. The monoisotopic (exact) mass is 918 g/mol. The van der Waals surface area contributed by atoms with Crippen molar-refractivity contribution in [3.63, 3.8) is 0 Å². The number of hydrogen-bond donors (Lipinski definition) is 0. The number of alkyl halides is 3. The molecule has 0 saturated heterocycles. The molecule has 0 aromatic heterocycles. The second-order valence-corrected chi connectivity index (χ2v) is 17.8. The lowest BCUT2D eigenvalue weighted by Gasteiger charge is -2.17. The molecule has 0 amide bonds. The lowest BCUT2D eigenvalue weighted by atomic mass is 10.1. The fourth-order valence-electron chi connectivity index (χ4n) is 5.03. The van der Waals surface area contributed by atoms with Crippen molar-refractivity contribution in [2.24, 2.45) is 0 Å². The molecule has 0 fully saturated rings. The van der Waals surface area contributed by atoms with Gasteiger partial charge >= 0.3 is 32.4 Å². The van der Waals surface area contributed by atoms with E-state index >= 15 is 0 Å². The van der Waals surface area contributed by atoms with Gasteiger partial charge in [0.2, 0.25) is 0 Å². The van der Waals surface area contributed by atoms with E-state index in [1.165, 1.54) is 101 Å². The predicted molar refractivity (Wildman–Crippen MR) is 197 cm³/mol. The molecule has 0 aliphatic carbocycles. The van der Waals surface area contributed by atoms with Gasteiger partial charge in [-0.1, -0.05) is 151 Å². The number of benzene rings is 2. The van der Waals surface area contributed by atoms with Crippen LogP contribution in [0.1, 0.15) is 141 Å². The number of carbonyl (C=O) groups is 1. The van der Waals surface area contributed by atoms with Crippen LogP contribution < -0.4 is 21.2 Å². The first-order valence-corrected chi connectivity index (χ1v) is 23.0. The fourth-order valence-corrected chi connectivity index (χ4v) is 7.99. The number of aryl methyl sites for hydroxylation is 2. The molecule has 5 nitrogen and oxygen atoms in total. The van der Waals surface area contributed by atoms with Crippen LogP contribution in [0.2, 0.25) is 0 Å². The Bertz CT molecular complexity index is 1140. The van der Waals surface area contributed by atoms with Gasteiger partial charge in [-0.05, 0) is 78.3 Å². The van der Waals surface area contributed by atoms with Gasteiger partial charge in [0.15, 0.2) is 17.3 Å². The Morgan fingerprint density at radius 3 is 1.44 bits per heavy atom. The molecule has 2 rings (SSSR count). The summed E-state index contributed by atoms with van der Waals surface area (Å²) in [5.74, 6) is -2.30. The van der Waals surface area contributed by atoms with Gasteiger partial charge in [-0.25, -0.2) is 13.2 Å². The van der Waals surface area contributed by atoms with Gasteiger partial charge in [0.05, 0.1) is 6.61 Å². The van der Waals surface area contributed by atoms with Crippen molar-refractivity contribution in [1.29, 1.82) is 0 Å². The van der Waals surface area contributed by atoms with Crippen LogP contribution in [0.25, 0.3) is 0 Å². The lowest BCUT2D eigenvalue weighted by molar-refractivity contribution is -0.597. The van der Waals surface area contributed by atoms with Gasteiger partial charge in [-0.2, -0.15) is 8.78 Å². The molecule has 0 spiro atoms. The largest absolute Gasteiger partial charge is 0.743 e. The SMILES string of the molecule is CCCCCCCCc1ccc([I+]c2ccc(CCCCCCCC)cc2)cc1.O=C(OCCCCCCCCI)C(F)(F)S(=O)(=O)[O-]. The lowest BCUT2D eigenvalue weighted by Crippen LogP contribution is -3.61. The first-order chi connectivity index (χ1) is 23.0. The Kier molecular flexibility index (Phi) is 26.2. The van der Waals surface area contributed by atoms with Crippen molar-refractivity contribution in [1.82, 2.24) is 0 Å². The fraction of sp³-hybridized carbons (Fsp3) is 0.658. The van der Waals surface area contributed by atoms with Crippen LogP contribution in [0.15, 0.2) is 48.5 Å².